The molecule has 3 N–H and O–H groups in total. The van der Waals surface area contributed by atoms with Crippen LogP contribution in [0.4, 0.5) is 5.13 Å². The van der Waals surface area contributed by atoms with Gasteiger partial charge in [0.25, 0.3) is 0 Å². The first-order valence-corrected chi connectivity index (χ1v) is 12.2. The van der Waals surface area contributed by atoms with E-state index < -0.39 is 6.04 Å². The van der Waals surface area contributed by atoms with Crippen molar-refractivity contribution in [3.05, 3.63) is 69.4 Å². The minimum absolute atomic E-state index is 0.0410. The van der Waals surface area contributed by atoms with E-state index in [1.807, 2.05) is 47.8 Å². The highest BCUT2D eigenvalue weighted by molar-refractivity contribution is 7.14. The molecule has 0 aliphatic heterocycles. The molecule has 1 fully saturated rings. The van der Waals surface area contributed by atoms with Gasteiger partial charge in [0.2, 0.25) is 17.7 Å². The van der Waals surface area contributed by atoms with E-state index in [4.69, 9.17) is 0 Å². The molecule has 32 heavy (non-hydrogen) atoms. The van der Waals surface area contributed by atoms with Crippen LogP contribution >= 0.6 is 22.7 Å². The van der Waals surface area contributed by atoms with Gasteiger partial charge in [-0.15, -0.1) is 22.7 Å². The van der Waals surface area contributed by atoms with Gasteiger partial charge in [-0.1, -0.05) is 36.4 Å². The summed E-state index contributed by atoms with van der Waals surface area (Å²) in [5.74, 6) is -0.583. The number of anilines is 1. The fraction of sp³-hybridized carbons (Fsp3) is 0.304. The van der Waals surface area contributed by atoms with Gasteiger partial charge in [0.05, 0.1) is 18.5 Å². The maximum absolute atomic E-state index is 12.7. The summed E-state index contributed by atoms with van der Waals surface area (Å²) in [4.78, 5) is 42.8. The molecular weight excluding hydrogens is 444 g/mol. The molecule has 0 radical (unpaired) electrons. The lowest BCUT2D eigenvalue weighted by atomic mass is 10.0. The van der Waals surface area contributed by atoms with Crippen molar-refractivity contribution in [1.29, 1.82) is 0 Å². The third-order valence-electron chi connectivity index (χ3n) is 4.91. The molecule has 1 atom stereocenters. The third kappa shape index (κ3) is 6.73. The quantitative estimate of drug-likeness (QED) is 0.426. The van der Waals surface area contributed by atoms with Gasteiger partial charge >= 0.3 is 0 Å². The SMILES string of the molecule is O=C(Cc1cccs1)Nc1nc(CC(=O)NC(Cc2ccccc2)C(=O)NC2CC2)cs1. The van der Waals surface area contributed by atoms with Crippen molar-refractivity contribution < 1.29 is 14.4 Å². The van der Waals surface area contributed by atoms with Gasteiger partial charge in [-0.25, -0.2) is 4.98 Å². The number of thiazole rings is 1. The number of amides is 3. The Kier molecular flexibility index (Phi) is 7.28. The molecule has 166 valence electrons. The molecule has 9 heteroatoms. The van der Waals surface area contributed by atoms with E-state index in [0.29, 0.717) is 23.7 Å². The Labute approximate surface area is 194 Å². The zero-order valence-electron chi connectivity index (χ0n) is 17.4. The largest absolute Gasteiger partial charge is 0.352 e. The molecule has 1 aromatic carbocycles. The standard InChI is InChI=1S/C23H24N4O3S2/c28-20(12-17-14-32-23(25-17)27-21(29)13-18-7-4-10-31-18)26-19(22(30)24-16-8-9-16)11-15-5-2-1-3-6-15/h1-7,10,14,16,19H,8-9,11-13H2,(H,24,30)(H,26,28)(H,25,27,29). The normalized spacial score (nSPS) is 13.9. The van der Waals surface area contributed by atoms with E-state index in [0.717, 1.165) is 23.3 Å². The lowest BCUT2D eigenvalue weighted by Crippen LogP contribution is -2.49. The van der Waals surface area contributed by atoms with E-state index in [-0.39, 0.29) is 30.2 Å². The van der Waals surface area contributed by atoms with Crippen LogP contribution in [0.1, 0.15) is 29.0 Å². The molecule has 0 spiro atoms. The Morgan fingerprint density at radius 2 is 1.81 bits per heavy atom. The van der Waals surface area contributed by atoms with Crippen LogP contribution in [0.2, 0.25) is 0 Å². The molecule has 0 bridgehead atoms. The summed E-state index contributed by atoms with van der Waals surface area (Å²) in [6.45, 7) is 0. The number of nitrogens with zero attached hydrogens (tertiary/aromatic N) is 1. The maximum atomic E-state index is 12.7. The van der Waals surface area contributed by atoms with Crippen molar-refractivity contribution in [2.24, 2.45) is 0 Å². The number of thiophene rings is 1. The zero-order valence-corrected chi connectivity index (χ0v) is 19.0. The van der Waals surface area contributed by atoms with Crippen LogP contribution in [0.3, 0.4) is 0 Å². The van der Waals surface area contributed by atoms with Gasteiger partial charge in [0.15, 0.2) is 5.13 Å². The Balaban J connectivity index is 1.32. The van der Waals surface area contributed by atoms with Crippen LogP contribution in [0.5, 0.6) is 0 Å². The summed E-state index contributed by atoms with van der Waals surface area (Å²) in [5, 5.41) is 12.7. The van der Waals surface area contributed by atoms with E-state index >= 15 is 0 Å². The highest BCUT2D eigenvalue weighted by Crippen LogP contribution is 2.19. The minimum Gasteiger partial charge on any atom is -0.352 e. The Morgan fingerprint density at radius 1 is 1.00 bits per heavy atom. The molecule has 1 unspecified atom stereocenters. The number of rotatable bonds is 10. The van der Waals surface area contributed by atoms with Crippen LogP contribution in [-0.4, -0.2) is 34.8 Å². The Hall–Kier alpha value is -3.04. The second kappa shape index (κ2) is 10.5. The highest BCUT2D eigenvalue weighted by Gasteiger charge is 2.28. The Bertz CT molecular complexity index is 1060. The zero-order chi connectivity index (χ0) is 22.3. The third-order valence-corrected chi connectivity index (χ3v) is 6.60. The predicted molar refractivity (Wildman–Crippen MR) is 126 cm³/mol. The fourth-order valence-corrected chi connectivity index (χ4v) is 4.61. The van der Waals surface area contributed by atoms with Gasteiger partial charge in [-0.05, 0) is 29.9 Å². The summed E-state index contributed by atoms with van der Waals surface area (Å²) in [5.41, 5.74) is 1.54. The van der Waals surface area contributed by atoms with Crippen molar-refractivity contribution in [3.8, 4) is 0 Å². The first-order chi connectivity index (χ1) is 15.5. The fourth-order valence-electron chi connectivity index (χ4n) is 3.18. The second-order valence-electron chi connectivity index (χ2n) is 7.72. The summed E-state index contributed by atoms with van der Waals surface area (Å²) >= 11 is 2.81. The summed E-state index contributed by atoms with van der Waals surface area (Å²) in [6.07, 6.45) is 2.73. The van der Waals surface area contributed by atoms with Crippen LogP contribution < -0.4 is 16.0 Å². The van der Waals surface area contributed by atoms with E-state index in [2.05, 4.69) is 20.9 Å². The molecule has 3 amide bonds. The van der Waals surface area contributed by atoms with Gasteiger partial charge in [0.1, 0.15) is 6.04 Å². The Morgan fingerprint density at radius 3 is 2.53 bits per heavy atom. The van der Waals surface area contributed by atoms with Crippen LogP contribution in [0, 0.1) is 0 Å². The molecule has 2 aromatic heterocycles. The highest BCUT2D eigenvalue weighted by atomic mass is 32.1. The minimum atomic E-state index is -0.644. The number of carbonyl (C=O) groups is 3. The van der Waals surface area contributed by atoms with Gasteiger partial charge in [0, 0.05) is 22.7 Å². The van der Waals surface area contributed by atoms with Crippen molar-refractivity contribution in [3.63, 3.8) is 0 Å². The predicted octanol–water partition coefficient (Wildman–Crippen LogP) is 2.93. The molecule has 1 saturated carbocycles. The van der Waals surface area contributed by atoms with E-state index in [1.54, 1.807) is 5.38 Å². The first-order valence-electron chi connectivity index (χ1n) is 10.5. The van der Waals surface area contributed by atoms with Crippen molar-refractivity contribution in [1.82, 2.24) is 15.6 Å². The van der Waals surface area contributed by atoms with E-state index in [1.165, 1.54) is 22.7 Å². The monoisotopic (exact) mass is 468 g/mol. The molecule has 2 heterocycles. The lowest BCUT2D eigenvalue weighted by Gasteiger charge is -2.18. The number of benzene rings is 1. The smallest absolute Gasteiger partial charge is 0.243 e. The molecule has 1 aliphatic rings. The number of nitrogens with one attached hydrogen (secondary N) is 3. The average molecular weight is 469 g/mol. The average Bonchev–Trinajstić information content (AvgIpc) is 3.23. The van der Waals surface area contributed by atoms with Crippen LogP contribution in [0.15, 0.2) is 53.2 Å². The van der Waals surface area contributed by atoms with Crippen LogP contribution in [0.25, 0.3) is 0 Å². The first kappa shape index (κ1) is 22.2. The molecule has 3 aromatic rings. The van der Waals surface area contributed by atoms with Crippen molar-refractivity contribution in [2.45, 2.75) is 44.2 Å². The van der Waals surface area contributed by atoms with Crippen LogP contribution in [-0.2, 0) is 33.6 Å². The van der Waals surface area contributed by atoms with Gasteiger partial charge < -0.3 is 16.0 Å². The molecule has 7 nitrogen and oxygen atoms in total. The number of hydrogen-bond acceptors (Lipinski definition) is 6. The molecule has 0 saturated heterocycles. The van der Waals surface area contributed by atoms with E-state index in [9.17, 15) is 14.4 Å². The summed E-state index contributed by atoms with van der Waals surface area (Å²) in [7, 11) is 0. The number of carbonyl (C=O) groups excluding carboxylic acids is 3. The topological polar surface area (TPSA) is 100 Å². The van der Waals surface area contributed by atoms with Gasteiger partial charge in [-0.2, -0.15) is 0 Å². The number of hydrogen-bond donors (Lipinski definition) is 3. The molecule has 1 aliphatic carbocycles. The van der Waals surface area contributed by atoms with Gasteiger partial charge in [-0.3, -0.25) is 14.4 Å². The maximum Gasteiger partial charge on any atom is 0.243 e. The number of aromatic nitrogens is 1. The van der Waals surface area contributed by atoms with Crippen molar-refractivity contribution >= 4 is 45.5 Å². The molecular formula is C23H24N4O3S2. The second-order valence-corrected chi connectivity index (χ2v) is 9.61. The lowest BCUT2D eigenvalue weighted by molar-refractivity contribution is -0.128. The summed E-state index contributed by atoms with van der Waals surface area (Å²) < 4.78 is 0. The van der Waals surface area contributed by atoms with Crippen molar-refractivity contribution in [2.75, 3.05) is 5.32 Å². The molecule has 4 rings (SSSR count). The summed E-state index contributed by atoms with van der Waals surface area (Å²) in [6, 6.07) is 13.0.